The third-order valence-corrected chi connectivity index (χ3v) is 6.96. The molecule has 3 aromatic rings. The number of nitrogens with one attached hydrogen (secondary N) is 1. The number of allylic oxidation sites excluding steroid dienone is 2. The van der Waals surface area contributed by atoms with Gasteiger partial charge in [-0.15, -0.1) is 0 Å². The van der Waals surface area contributed by atoms with Gasteiger partial charge >= 0.3 is 0 Å². The van der Waals surface area contributed by atoms with E-state index in [4.69, 9.17) is 49.0 Å². The Kier molecular flexibility index (Phi) is 8.48. The largest absolute Gasteiger partial charge is 0.488 e. The van der Waals surface area contributed by atoms with Crippen LogP contribution in [-0.2, 0) is 13.2 Å². The Hall–Kier alpha value is -3.10. The predicted octanol–water partition coefficient (Wildman–Crippen LogP) is 7.19. The molecule has 0 amide bonds. The Morgan fingerprint density at radius 2 is 1.72 bits per heavy atom. The smallest absolute Gasteiger partial charge is 0.142 e. The molecule has 3 aromatic carbocycles. The average molecular weight is 587 g/mol. The number of benzene rings is 3. The van der Waals surface area contributed by atoms with Crippen molar-refractivity contribution in [3.05, 3.63) is 104 Å². The molecule has 0 aromatic heterocycles. The topological polar surface area (TPSA) is 101 Å². The molecule has 1 aliphatic rings. The molecule has 1 aliphatic carbocycles. The number of halogens is 3. The van der Waals surface area contributed by atoms with Crippen LogP contribution >= 0.6 is 39.1 Å². The molecule has 0 heterocycles. The first-order valence-corrected chi connectivity index (χ1v) is 12.5. The summed E-state index contributed by atoms with van der Waals surface area (Å²) in [6.45, 7) is 0.692. The highest BCUT2D eigenvalue weighted by Crippen LogP contribution is 2.36. The highest BCUT2D eigenvalue weighted by molar-refractivity contribution is 9.10. The zero-order chi connectivity index (χ0) is 25.7. The number of oxime groups is 1. The van der Waals surface area contributed by atoms with Crippen molar-refractivity contribution in [3.63, 3.8) is 0 Å². The van der Waals surface area contributed by atoms with Gasteiger partial charge in [0.15, 0.2) is 0 Å². The third-order valence-electron chi connectivity index (χ3n) is 5.50. The third kappa shape index (κ3) is 5.99. The van der Waals surface area contributed by atoms with Gasteiger partial charge in [-0.05, 0) is 63.0 Å². The first kappa shape index (κ1) is 26.0. The molecule has 0 spiro atoms. The molecule has 4 N–H and O–H groups in total. The maximum atomic E-state index is 8.90. The molecule has 0 aliphatic heterocycles. The van der Waals surface area contributed by atoms with Gasteiger partial charge in [0.2, 0.25) is 0 Å². The van der Waals surface area contributed by atoms with Crippen molar-refractivity contribution in [2.75, 3.05) is 6.61 Å². The van der Waals surface area contributed by atoms with E-state index in [2.05, 4.69) is 21.1 Å². The van der Waals surface area contributed by atoms with Crippen LogP contribution < -0.4 is 15.2 Å². The van der Waals surface area contributed by atoms with E-state index in [0.29, 0.717) is 21.5 Å². The van der Waals surface area contributed by atoms with Crippen LogP contribution in [0, 0.1) is 5.41 Å². The molecule has 184 valence electrons. The van der Waals surface area contributed by atoms with Gasteiger partial charge in [-0.3, -0.25) is 5.41 Å². The Morgan fingerprint density at radius 3 is 2.44 bits per heavy atom. The van der Waals surface area contributed by atoms with E-state index >= 15 is 0 Å². The normalized spacial score (nSPS) is 14.2. The minimum atomic E-state index is 0.100. The van der Waals surface area contributed by atoms with Crippen molar-refractivity contribution in [3.8, 4) is 22.6 Å². The van der Waals surface area contributed by atoms with Crippen LogP contribution in [-0.4, -0.2) is 23.2 Å². The van der Waals surface area contributed by atoms with Crippen LogP contribution in [0.1, 0.15) is 11.1 Å². The fourth-order valence-electron chi connectivity index (χ4n) is 3.63. The second-order valence-corrected chi connectivity index (χ2v) is 9.55. The summed E-state index contributed by atoms with van der Waals surface area (Å²) in [5, 5.41) is 21.0. The van der Waals surface area contributed by atoms with E-state index < -0.39 is 0 Å². The molecule has 0 unspecified atom stereocenters. The van der Waals surface area contributed by atoms with E-state index in [0.717, 1.165) is 32.3 Å². The van der Waals surface area contributed by atoms with Gasteiger partial charge in [-0.25, -0.2) is 0 Å². The lowest BCUT2D eigenvalue weighted by atomic mass is 10.0. The molecule has 6 nitrogen and oxygen atoms in total. The van der Waals surface area contributed by atoms with E-state index in [9.17, 15) is 0 Å². The quantitative estimate of drug-likeness (QED) is 0.148. The zero-order valence-electron chi connectivity index (χ0n) is 19.0. The zero-order valence-corrected chi connectivity index (χ0v) is 22.1. The summed E-state index contributed by atoms with van der Waals surface area (Å²) in [5.41, 5.74) is 10.6. The molecule has 36 heavy (non-hydrogen) atoms. The van der Waals surface area contributed by atoms with Gasteiger partial charge in [0.25, 0.3) is 0 Å². The van der Waals surface area contributed by atoms with Gasteiger partial charge < -0.3 is 20.4 Å². The Morgan fingerprint density at radius 1 is 0.944 bits per heavy atom. The second-order valence-electron chi connectivity index (χ2n) is 7.91. The van der Waals surface area contributed by atoms with Crippen LogP contribution in [0.4, 0.5) is 0 Å². The number of rotatable bonds is 8. The predicted molar refractivity (Wildman–Crippen MR) is 148 cm³/mol. The number of nitrogens with zero attached hydrogens (tertiary/aromatic N) is 1. The number of hydrogen-bond donors (Lipinski definition) is 3. The van der Waals surface area contributed by atoms with Crippen LogP contribution in [0.5, 0.6) is 11.5 Å². The lowest BCUT2D eigenvalue weighted by Crippen LogP contribution is -2.14. The van der Waals surface area contributed by atoms with Gasteiger partial charge in [0.05, 0.1) is 10.7 Å². The highest BCUT2D eigenvalue weighted by atomic mass is 79.9. The average Bonchev–Trinajstić information content (AvgIpc) is 2.87. The van der Waals surface area contributed by atoms with Crippen molar-refractivity contribution in [2.45, 2.75) is 13.2 Å². The van der Waals surface area contributed by atoms with Crippen molar-refractivity contribution in [1.29, 1.82) is 5.41 Å². The molecule has 0 radical (unpaired) electrons. The first-order valence-electron chi connectivity index (χ1n) is 10.9. The lowest BCUT2D eigenvalue weighted by Gasteiger charge is -2.17. The fraction of sp³-hybridized carbons (Fsp3) is 0.111. The van der Waals surface area contributed by atoms with E-state index in [1.54, 1.807) is 30.4 Å². The Bertz CT molecular complexity index is 1400. The summed E-state index contributed by atoms with van der Waals surface area (Å²) in [6, 6.07) is 17.1. The monoisotopic (exact) mass is 585 g/mol. The summed E-state index contributed by atoms with van der Waals surface area (Å²) >= 11 is 16.4. The summed E-state index contributed by atoms with van der Waals surface area (Å²) in [6.07, 6.45) is 4.86. The summed E-state index contributed by atoms with van der Waals surface area (Å²) in [7, 11) is 0. The van der Waals surface area contributed by atoms with Gasteiger partial charge in [0, 0.05) is 33.2 Å². The molecular weight excluding hydrogens is 565 g/mol. The lowest BCUT2D eigenvalue weighted by molar-refractivity contribution is 0.300. The second kappa shape index (κ2) is 11.8. The minimum absolute atomic E-state index is 0.100. The van der Waals surface area contributed by atoms with Crippen molar-refractivity contribution in [2.24, 2.45) is 10.9 Å². The maximum absolute atomic E-state index is 8.90. The Labute approximate surface area is 227 Å². The fourth-order valence-corrected chi connectivity index (χ4v) is 4.67. The van der Waals surface area contributed by atoms with Gasteiger partial charge in [-0.1, -0.05) is 64.8 Å². The van der Waals surface area contributed by atoms with E-state index in [-0.39, 0.29) is 31.2 Å². The first-order chi connectivity index (χ1) is 17.4. The minimum Gasteiger partial charge on any atom is -0.488 e. The molecule has 0 saturated carbocycles. The highest BCUT2D eigenvalue weighted by Gasteiger charge is 2.15. The standard InChI is InChI=1S/C27H22BrCl2N3O3/c28-27-18(4-2-6-21(27)17-3-1-5-20(29)10-17)15-36-26-12-25(19(13-31)11-22(26)30)35-14-16-7-8-24(33-34)23(32)9-16/h1-12,32,34H,13-15,31H2/b32-23?,33-24-. The SMILES string of the molecule is N=C1C=C(COc2cc(OCc3cccc(-c4cccc(Cl)c4)c3Br)c(Cl)cc2CN)C=C/C1=N/O. The van der Waals surface area contributed by atoms with Gasteiger partial charge in [-0.2, -0.15) is 0 Å². The van der Waals surface area contributed by atoms with Crippen molar-refractivity contribution < 1.29 is 14.7 Å². The maximum Gasteiger partial charge on any atom is 0.142 e. The summed E-state index contributed by atoms with van der Waals surface area (Å²) in [5.74, 6) is 0.991. The Balaban J connectivity index is 1.52. The molecular formula is C27H22BrCl2N3O3. The van der Waals surface area contributed by atoms with Crippen molar-refractivity contribution in [1.82, 2.24) is 0 Å². The molecule has 0 atom stereocenters. The van der Waals surface area contributed by atoms with Crippen LogP contribution in [0.15, 0.2) is 88.0 Å². The molecule has 9 heteroatoms. The van der Waals surface area contributed by atoms with Crippen LogP contribution in [0.3, 0.4) is 0 Å². The number of hydrogen-bond acceptors (Lipinski definition) is 6. The van der Waals surface area contributed by atoms with Crippen LogP contribution in [0.2, 0.25) is 10.0 Å². The van der Waals surface area contributed by atoms with E-state index in [1.165, 1.54) is 0 Å². The molecule has 0 saturated heterocycles. The van der Waals surface area contributed by atoms with Crippen molar-refractivity contribution >= 4 is 50.6 Å². The number of nitrogens with two attached hydrogens (primary N) is 1. The van der Waals surface area contributed by atoms with Gasteiger partial charge in [0.1, 0.15) is 30.4 Å². The molecule has 4 rings (SSSR count). The molecule has 0 bridgehead atoms. The summed E-state index contributed by atoms with van der Waals surface area (Å²) < 4.78 is 13.0. The molecule has 0 fully saturated rings. The number of ether oxygens (including phenoxy) is 2. The summed E-state index contributed by atoms with van der Waals surface area (Å²) in [4.78, 5) is 0. The van der Waals surface area contributed by atoms with Crippen LogP contribution in [0.25, 0.3) is 11.1 Å². The van der Waals surface area contributed by atoms with E-state index in [1.807, 2.05) is 42.5 Å².